The highest BCUT2D eigenvalue weighted by Crippen LogP contribution is 2.26. The van der Waals surface area contributed by atoms with E-state index in [0.717, 1.165) is 25.1 Å². The molecule has 3 aromatic heterocycles. The fourth-order valence-corrected chi connectivity index (χ4v) is 4.79. The van der Waals surface area contributed by atoms with E-state index in [-0.39, 0.29) is 5.91 Å². The van der Waals surface area contributed by atoms with Crippen molar-refractivity contribution in [3.05, 3.63) is 38.9 Å². The Morgan fingerprint density at radius 3 is 2.88 bits per heavy atom. The number of amides is 1. The van der Waals surface area contributed by atoms with Crippen molar-refractivity contribution in [2.75, 3.05) is 12.8 Å². The second kappa shape index (κ2) is 7.69. The molecule has 3 aromatic rings. The van der Waals surface area contributed by atoms with Gasteiger partial charge in [0.25, 0.3) is 0 Å². The van der Waals surface area contributed by atoms with Gasteiger partial charge in [-0.2, -0.15) is 0 Å². The summed E-state index contributed by atoms with van der Waals surface area (Å²) in [4.78, 5) is 16.1. The molecule has 0 aliphatic heterocycles. The second-order valence-electron chi connectivity index (χ2n) is 5.09. The first-order valence-electron chi connectivity index (χ1n) is 7.09. The Morgan fingerprint density at radius 2 is 2.21 bits per heavy atom. The Morgan fingerprint density at radius 1 is 1.38 bits per heavy atom. The maximum Gasteiger partial charge on any atom is 0.233 e. The van der Waals surface area contributed by atoms with Crippen LogP contribution in [-0.2, 0) is 18.4 Å². The number of hydrogen-bond donors (Lipinski definition) is 0. The molecule has 5 nitrogen and oxygen atoms in total. The molecular formula is C15H15ClN4OS3. The van der Waals surface area contributed by atoms with E-state index in [2.05, 4.69) is 10.2 Å². The van der Waals surface area contributed by atoms with Gasteiger partial charge in [-0.25, -0.2) is 0 Å². The van der Waals surface area contributed by atoms with Gasteiger partial charge in [0.1, 0.15) is 0 Å². The minimum Gasteiger partial charge on any atom is -0.340 e. The van der Waals surface area contributed by atoms with Crippen LogP contribution in [0.25, 0.3) is 10.7 Å². The summed E-state index contributed by atoms with van der Waals surface area (Å²) >= 11 is 10.4. The molecule has 0 fully saturated rings. The van der Waals surface area contributed by atoms with E-state index >= 15 is 0 Å². The average molecular weight is 399 g/mol. The molecule has 9 heteroatoms. The monoisotopic (exact) mass is 398 g/mol. The molecule has 0 unspecified atom stereocenters. The lowest BCUT2D eigenvalue weighted by Crippen LogP contribution is -2.27. The van der Waals surface area contributed by atoms with Crippen LogP contribution in [0.2, 0.25) is 4.34 Å². The zero-order valence-corrected chi connectivity index (χ0v) is 16.3. The lowest BCUT2D eigenvalue weighted by molar-refractivity contribution is -0.127. The van der Waals surface area contributed by atoms with Crippen molar-refractivity contribution in [2.45, 2.75) is 11.7 Å². The number of rotatable bonds is 6. The third-order valence-corrected chi connectivity index (χ3v) is 6.44. The minimum absolute atomic E-state index is 0.0465. The summed E-state index contributed by atoms with van der Waals surface area (Å²) in [7, 11) is 3.71. The topological polar surface area (TPSA) is 51.0 Å². The smallest absolute Gasteiger partial charge is 0.233 e. The fraction of sp³-hybridized carbons (Fsp3) is 0.267. The van der Waals surface area contributed by atoms with Crippen molar-refractivity contribution < 1.29 is 4.79 Å². The predicted octanol–water partition coefficient (Wildman–Crippen LogP) is 4.01. The number of thioether (sulfide) groups is 1. The highest BCUT2D eigenvalue weighted by atomic mass is 35.5. The highest BCUT2D eigenvalue weighted by Gasteiger charge is 2.16. The molecule has 3 rings (SSSR count). The zero-order chi connectivity index (χ0) is 17.1. The lowest BCUT2D eigenvalue weighted by atomic mass is 10.4. The zero-order valence-electron chi connectivity index (χ0n) is 13.1. The molecule has 0 radical (unpaired) electrons. The van der Waals surface area contributed by atoms with E-state index in [4.69, 9.17) is 11.6 Å². The summed E-state index contributed by atoms with van der Waals surface area (Å²) in [5.74, 6) is 1.19. The largest absolute Gasteiger partial charge is 0.340 e. The van der Waals surface area contributed by atoms with Gasteiger partial charge in [-0.15, -0.1) is 32.9 Å². The van der Waals surface area contributed by atoms with E-state index in [1.54, 1.807) is 23.3 Å². The van der Waals surface area contributed by atoms with Crippen LogP contribution in [-0.4, -0.2) is 38.4 Å². The minimum atomic E-state index is 0.0465. The Balaban J connectivity index is 1.58. The molecular weight excluding hydrogens is 384 g/mol. The van der Waals surface area contributed by atoms with Gasteiger partial charge in [0.2, 0.25) is 5.91 Å². The number of thiophene rings is 2. The van der Waals surface area contributed by atoms with Crippen molar-refractivity contribution in [2.24, 2.45) is 7.05 Å². The molecule has 0 aromatic carbocycles. The molecule has 3 heterocycles. The maximum atomic E-state index is 12.3. The molecule has 0 spiro atoms. The van der Waals surface area contributed by atoms with Gasteiger partial charge < -0.3 is 9.47 Å². The molecule has 0 aliphatic rings. The molecule has 1 amide bonds. The van der Waals surface area contributed by atoms with Gasteiger partial charge in [0, 0.05) is 19.0 Å². The average Bonchev–Trinajstić information content (AvgIpc) is 3.27. The van der Waals surface area contributed by atoms with Crippen LogP contribution < -0.4 is 0 Å². The van der Waals surface area contributed by atoms with Crippen LogP contribution in [0.4, 0.5) is 0 Å². The molecule has 0 saturated carbocycles. The SMILES string of the molecule is CN(Cc1ccc(Cl)s1)C(=O)CSc1nnc(-c2cccs2)n1C. The lowest BCUT2D eigenvalue weighted by Gasteiger charge is -2.15. The molecule has 24 heavy (non-hydrogen) atoms. The van der Waals surface area contributed by atoms with E-state index in [1.807, 2.05) is 41.3 Å². The Bertz CT molecular complexity index is 828. The van der Waals surface area contributed by atoms with Crippen LogP contribution in [0, 0.1) is 0 Å². The standard InChI is InChI=1S/C15H15ClN4OS3/c1-19(8-10-5-6-12(16)24-10)13(21)9-23-15-18-17-14(20(15)2)11-4-3-7-22-11/h3-7H,8-9H2,1-2H3. The molecule has 0 atom stereocenters. The first kappa shape index (κ1) is 17.5. The Labute approximate surface area is 157 Å². The number of carbonyl (C=O) groups is 1. The molecule has 0 saturated heterocycles. The third kappa shape index (κ3) is 4.00. The number of halogens is 1. The van der Waals surface area contributed by atoms with Crippen LogP contribution in [0.3, 0.4) is 0 Å². The van der Waals surface area contributed by atoms with Crippen LogP contribution in [0.5, 0.6) is 0 Å². The first-order valence-corrected chi connectivity index (χ1v) is 10.1. The first-order chi connectivity index (χ1) is 11.5. The summed E-state index contributed by atoms with van der Waals surface area (Å²) in [6.45, 7) is 0.566. The van der Waals surface area contributed by atoms with Crippen molar-refractivity contribution >= 4 is 51.9 Å². The van der Waals surface area contributed by atoms with Gasteiger partial charge in [0.15, 0.2) is 11.0 Å². The summed E-state index contributed by atoms with van der Waals surface area (Å²) < 4.78 is 2.66. The molecule has 0 N–H and O–H groups in total. The van der Waals surface area contributed by atoms with Crippen LogP contribution in [0.15, 0.2) is 34.8 Å². The number of hydrogen-bond acceptors (Lipinski definition) is 6. The van der Waals surface area contributed by atoms with E-state index in [0.29, 0.717) is 12.3 Å². The van der Waals surface area contributed by atoms with Gasteiger partial charge >= 0.3 is 0 Å². The highest BCUT2D eigenvalue weighted by molar-refractivity contribution is 7.99. The summed E-state index contributed by atoms with van der Waals surface area (Å²) in [5, 5.41) is 11.1. The van der Waals surface area contributed by atoms with Gasteiger partial charge in [-0.05, 0) is 23.6 Å². The molecule has 0 aliphatic carbocycles. The van der Waals surface area contributed by atoms with Gasteiger partial charge in [-0.3, -0.25) is 4.79 Å². The molecule has 0 bridgehead atoms. The third-order valence-electron chi connectivity index (χ3n) is 3.35. The molecule has 126 valence electrons. The van der Waals surface area contributed by atoms with Gasteiger partial charge in [0.05, 0.1) is 21.5 Å². The van der Waals surface area contributed by atoms with Crippen molar-refractivity contribution in [1.82, 2.24) is 19.7 Å². The van der Waals surface area contributed by atoms with Crippen molar-refractivity contribution in [3.8, 4) is 10.7 Å². The van der Waals surface area contributed by atoms with Crippen molar-refractivity contribution in [1.29, 1.82) is 0 Å². The van der Waals surface area contributed by atoms with E-state index in [1.165, 1.54) is 23.1 Å². The number of nitrogens with zero attached hydrogens (tertiary/aromatic N) is 4. The fourth-order valence-electron chi connectivity index (χ4n) is 2.06. The van der Waals surface area contributed by atoms with Gasteiger partial charge in [-0.1, -0.05) is 29.4 Å². The predicted molar refractivity (Wildman–Crippen MR) is 101 cm³/mol. The van der Waals surface area contributed by atoms with Crippen LogP contribution in [0.1, 0.15) is 4.88 Å². The van der Waals surface area contributed by atoms with E-state index in [9.17, 15) is 4.79 Å². The van der Waals surface area contributed by atoms with Crippen molar-refractivity contribution in [3.63, 3.8) is 0 Å². The quantitative estimate of drug-likeness (QED) is 0.588. The normalized spacial score (nSPS) is 11.0. The number of carbonyl (C=O) groups excluding carboxylic acids is 1. The number of aromatic nitrogens is 3. The summed E-state index contributed by atoms with van der Waals surface area (Å²) in [6.07, 6.45) is 0. The Hall–Kier alpha value is -1.35. The van der Waals surface area contributed by atoms with Crippen LogP contribution >= 0.6 is 46.0 Å². The second-order valence-corrected chi connectivity index (χ2v) is 8.78. The Kier molecular flexibility index (Phi) is 5.60. The maximum absolute atomic E-state index is 12.3. The summed E-state index contributed by atoms with van der Waals surface area (Å²) in [5.41, 5.74) is 0. The van der Waals surface area contributed by atoms with E-state index < -0.39 is 0 Å². The summed E-state index contributed by atoms with van der Waals surface area (Å²) in [6, 6.07) is 7.78.